The number of nitrogens with zero attached hydrogens (tertiary/aromatic N) is 2. The van der Waals surface area contributed by atoms with Gasteiger partial charge in [0, 0.05) is 25.0 Å². The summed E-state index contributed by atoms with van der Waals surface area (Å²) >= 11 is 5.80. The van der Waals surface area contributed by atoms with Crippen molar-refractivity contribution < 1.29 is 14.7 Å². The standard InChI is InChI=1S/C12H16ClN3O3/c1-16(6-5-11(14)15-18)12(17)8-19-10-4-2-3-9(13)7-10/h2-4,7,18H,5-6,8H2,1H3,(H2,14,15). The summed E-state index contributed by atoms with van der Waals surface area (Å²) in [6.07, 6.45) is 0.301. The van der Waals surface area contributed by atoms with Crippen molar-refractivity contribution in [1.29, 1.82) is 0 Å². The first-order valence-corrected chi connectivity index (χ1v) is 5.99. The van der Waals surface area contributed by atoms with E-state index in [2.05, 4.69) is 5.16 Å². The molecule has 7 heteroatoms. The van der Waals surface area contributed by atoms with Crippen molar-refractivity contribution in [1.82, 2.24) is 4.90 Å². The molecular weight excluding hydrogens is 270 g/mol. The highest BCUT2D eigenvalue weighted by atomic mass is 35.5. The Hall–Kier alpha value is -1.95. The summed E-state index contributed by atoms with van der Waals surface area (Å²) in [5.74, 6) is 0.409. The third-order valence-electron chi connectivity index (χ3n) is 2.42. The van der Waals surface area contributed by atoms with Crippen LogP contribution in [0.1, 0.15) is 6.42 Å². The molecule has 0 heterocycles. The number of carbonyl (C=O) groups is 1. The number of halogens is 1. The second kappa shape index (κ2) is 7.48. The molecule has 0 spiro atoms. The Balaban J connectivity index is 2.38. The van der Waals surface area contributed by atoms with Crippen molar-refractivity contribution in [2.45, 2.75) is 6.42 Å². The highest BCUT2D eigenvalue weighted by molar-refractivity contribution is 6.30. The van der Waals surface area contributed by atoms with Gasteiger partial charge in [-0.25, -0.2) is 0 Å². The summed E-state index contributed by atoms with van der Waals surface area (Å²) in [5, 5.41) is 11.8. The van der Waals surface area contributed by atoms with Gasteiger partial charge in [-0.15, -0.1) is 0 Å². The fourth-order valence-corrected chi connectivity index (χ4v) is 1.45. The SMILES string of the molecule is CN(CCC(N)=NO)C(=O)COc1cccc(Cl)c1. The van der Waals surface area contributed by atoms with Gasteiger partial charge in [-0.1, -0.05) is 22.8 Å². The highest BCUT2D eigenvalue weighted by Crippen LogP contribution is 2.16. The fraction of sp³-hybridized carbons (Fsp3) is 0.333. The number of carbonyl (C=O) groups excluding carboxylic acids is 1. The van der Waals surface area contributed by atoms with Gasteiger partial charge < -0.3 is 20.6 Å². The summed E-state index contributed by atoms with van der Waals surface area (Å²) in [5.41, 5.74) is 5.32. The van der Waals surface area contributed by atoms with Gasteiger partial charge in [0.15, 0.2) is 6.61 Å². The maximum atomic E-state index is 11.7. The molecule has 0 atom stereocenters. The number of hydrogen-bond acceptors (Lipinski definition) is 4. The third-order valence-corrected chi connectivity index (χ3v) is 2.65. The minimum absolute atomic E-state index is 0.0791. The van der Waals surface area contributed by atoms with Crippen LogP contribution in [0.3, 0.4) is 0 Å². The number of nitrogens with two attached hydrogens (primary N) is 1. The zero-order valence-corrected chi connectivity index (χ0v) is 11.3. The first kappa shape index (κ1) is 15.1. The van der Waals surface area contributed by atoms with Crippen molar-refractivity contribution in [2.75, 3.05) is 20.2 Å². The minimum atomic E-state index is -0.203. The minimum Gasteiger partial charge on any atom is -0.484 e. The predicted molar refractivity (Wildman–Crippen MR) is 72.6 cm³/mol. The van der Waals surface area contributed by atoms with Crippen LogP contribution >= 0.6 is 11.6 Å². The molecular formula is C12H16ClN3O3. The quantitative estimate of drug-likeness (QED) is 0.357. The summed E-state index contributed by atoms with van der Waals surface area (Å²) in [7, 11) is 1.62. The first-order chi connectivity index (χ1) is 9.02. The monoisotopic (exact) mass is 285 g/mol. The Kier molecular flexibility index (Phi) is 5.95. The predicted octanol–water partition coefficient (Wildman–Crippen LogP) is 1.31. The molecule has 0 fully saturated rings. The molecule has 104 valence electrons. The van der Waals surface area contributed by atoms with Crippen LogP contribution in [-0.2, 0) is 4.79 Å². The zero-order chi connectivity index (χ0) is 14.3. The Morgan fingerprint density at radius 3 is 2.95 bits per heavy atom. The smallest absolute Gasteiger partial charge is 0.260 e. The molecule has 0 saturated carbocycles. The lowest BCUT2D eigenvalue weighted by atomic mass is 10.3. The van der Waals surface area contributed by atoms with Crippen LogP contribution < -0.4 is 10.5 Å². The Morgan fingerprint density at radius 1 is 1.58 bits per heavy atom. The molecule has 0 saturated heterocycles. The van der Waals surface area contributed by atoms with Gasteiger partial charge in [-0.05, 0) is 18.2 Å². The van der Waals surface area contributed by atoms with E-state index in [1.165, 1.54) is 4.90 Å². The number of oxime groups is 1. The second-order valence-corrected chi connectivity index (χ2v) is 4.34. The van der Waals surface area contributed by atoms with E-state index in [1.54, 1.807) is 31.3 Å². The Labute approximate surface area is 116 Å². The van der Waals surface area contributed by atoms with Gasteiger partial charge in [-0.2, -0.15) is 0 Å². The highest BCUT2D eigenvalue weighted by Gasteiger charge is 2.10. The van der Waals surface area contributed by atoms with Gasteiger partial charge in [0.2, 0.25) is 0 Å². The lowest BCUT2D eigenvalue weighted by Crippen LogP contribution is -2.34. The van der Waals surface area contributed by atoms with E-state index in [9.17, 15) is 4.79 Å². The van der Waals surface area contributed by atoms with E-state index in [1.807, 2.05) is 0 Å². The molecule has 0 aromatic heterocycles. The maximum Gasteiger partial charge on any atom is 0.260 e. The molecule has 6 nitrogen and oxygen atoms in total. The number of ether oxygens (including phenoxy) is 1. The van der Waals surface area contributed by atoms with E-state index in [0.717, 1.165) is 0 Å². The maximum absolute atomic E-state index is 11.7. The summed E-state index contributed by atoms with van der Waals surface area (Å²) in [6.45, 7) is 0.265. The number of amidine groups is 1. The van der Waals surface area contributed by atoms with Crippen LogP contribution in [0.25, 0.3) is 0 Å². The lowest BCUT2D eigenvalue weighted by molar-refractivity contribution is -0.131. The lowest BCUT2D eigenvalue weighted by Gasteiger charge is -2.17. The number of likely N-dealkylation sites (N-methyl/N-ethyl adjacent to an activating group) is 1. The second-order valence-electron chi connectivity index (χ2n) is 3.90. The molecule has 1 amide bonds. The molecule has 0 aliphatic heterocycles. The van der Waals surface area contributed by atoms with Crippen LogP contribution in [0.4, 0.5) is 0 Å². The van der Waals surface area contributed by atoms with Crippen molar-refractivity contribution in [3.05, 3.63) is 29.3 Å². The molecule has 3 N–H and O–H groups in total. The van der Waals surface area contributed by atoms with E-state index < -0.39 is 0 Å². The molecule has 19 heavy (non-hydrogen) atoms. The fourth-order valence-electron chi connectivity index (χ4n) is 1.27. The average Bonchev–Trinajstić information content (AvgIpc) is 2.41. The average molecular weight is 286 g/mol. The largest absolute Gasteiger partial charge is 0.484 e. The van der Waals surface area contributed by atoms with Gasteiger partial charge in [0.25, 0.3) is 5.91 Å². The third kappa shape index (κ3) is 5.48. The molecule has 0 aliphatic rings. The molecule has 0 bridgehead atoms. The van der Waals surface area contributed by atoms with Crippen LogP contribution in [0.15, 0.2) is 29.4 Å². The van der Waals surface area contributed by atoms with Crippen LogP contribution in [0.5, 0.6) is 5.75 Å². The molecule has 1 rings (SSSR count). The van der Waals surface area contributed by atoms with Crippen molar-refractivity contribution >= 4 is 23.3 Å². The zero-order valence-electron chi connectivity index (χ0n) is 10.5. The number of amides is 1. The van der Waals surface area contributed by atoms with Crippen LogP contribution in [0, 0.1) is 0 Å². The van der Waals surface area contributed by atoms with E-state index >= 15 is 0 Å². The number of hydrogen-bond donors (Lipinski definition) is 2. The van der Waals surface area contributed by atoms with E-state index in [4.69, 9.17) is 27.3 Å². The van der Waals surface area contributed by atoms with Crippen LogP contribution in [0.2, 0.25) is 5.02 Å². The summed E-state index contributed by atoms with van der Waals surface area (Å²) in [6, 6.07) is 6.81. The topological polar surface area (TPSA) is 88.1 Å². The first-order valence-electron chi connectivity index (χ1n) is 5.61. The summed E-state index contributed by atoms with van der Waals surface area (Å²) in [4.78, 5) is 13.2. The van der Waals surface area contributed by atoms with Crippen LogP contribution in [-0.4, -0.2) is 42.0 Å². The van der Waals surface area contributed by atoms with Gasteiger partial charge in [0.1, 0.15) is 11.6 Å². The number of rotatable bonds is 6. The van der Waals surface area contributed by atoms with Crippen molar-refractivity contribution in [2.24, 2.45) is 10.9 Å². The van der Waals surface area contributed by atoms with Gasteiger partial charge in [0.05, 0.1) is 0 Å². The molecule has 0 radical (unpaired) electrons. The summed E-state index contributed by atoms with van der Waals surface area (Å²) < 4.78 is 5.32. The molecule has 1 aromatic carbocycles. The van der Waals surface area contributed by atoms with Gasteiger partial charge in [-0.3, -0.25) is 4.79 Å². The van der Waals surface area contributed by atoms with Crippen molar-refractivity contribution in [3.8, 4) is 5.75 Å². The Morgan fingerprint density at radius 2 is 2.32 bits per heavy atom. The molecule has 1 aromatic rings. The molecule has 0 unspecified atom stereocenters. The van der Waals surface area contributed by atoms with E-state index in [0.29, 0.717) is 23.7 Å². The van der Waals surface area contributed by atoms with Crippen molar-refractivity contribution in [3.63, 3.8) is 0 Å². The van der Waals surface area contributed by atoms with Gasteiger partial charge >= 0.3 is 0 Å². The van der Waals surface area contributed by atoms with E-state index in [-0.39, 0.29) is 18.3 Å². The normalized spacial score (nSPS) is 11.2. The molecule has 0 aliphatic carbocycles. The Bertz CT molecular complexity index is 465. The number of benzene rings is 1.